The monoisotopic (exact) mass is 456 g/mol. The van der Waals surface area contributed by atoms with Crippen LogP contribution in [-0.2, 0) is 14.4 Å². The van der Waals surface area contributed by atoms with Crippen molar-refractivity contribution in [2.45, 2.75) is 26.3 Å². The molecule has 1 aromatic heterocycles. The summed E-state index contributed by atoms with van der Waals surface area (Å²) in [4.78, 5) is 39.8. The van der Waals surface area contributed by atoms with Gasteiger partial charge in [-0.05, 0) is 23.8 Å². The van der Waals surface area contributed by atoms with E-state index in [4.69, 9.17) is 11.6 Å². The van der Waals surface area contributed by atoms with Crippen LogP contribution in [0.5, 0.6) is 0 Å². The largest absolute Gasteiger partial charge is 0.349 e. The van der Waals surface area contributed by atoms with Gasteiger partial charge >= 0.3 is 0 Å². The first-order valence-corrected chi connectivity index (χ1v) is 10.7. The van der Waals surface area contributed by atoms with Crippen molar-refractivity contribution in [3.05, 3.63) is 64.5 Å². The fourth-order valence-corrected chi connectivity index (χ4v) is 3.99. The van der Waals surface area contributed by atoms with Gasteiger partial charge in [0, 0.05) is 35.5 Å². The fraction of sp³-hybridized carbons (Fsp3) is 0.182. The van der Waals surface area contributed by atoms with Gasteiger partial charge in [0.25, 0.3) is 0 Å². The van der Waals surface area contributed by atoms with Crippen LogP contribution in [0.15, 0.2) is 53.9 Å². The van der Waals surface area contributed by atoms with Crippen molar-refractivity contribution in [1.29, 1.82) is 0 Å². The number of nitrogens with one attached hydrogen (secondary N) is 3. The van der Waals surface area contributed by atoms with Gasteiger partial charge in [0.2, 0.25) is 17.7 Å². The Morgan fingerprint density at radius 1 is 1.00 bits per heavy atom. The number of rotatable bonds is 7. The molecule has 0 aliphatic heterocycles. The first-order valence-electron chi connectivity index (χ1n) is 9.46. The minimum Gasteiger partial charge on any atom is -0.349 e. The van der Waals surface area contributed by atoms with E-state index >= 15 is 0 Å². The molecule has 0 spiro atoms. The van der Waals surface area contributed by atoms with Gasteiger partial charge in [-0.25, -0.2) is 4.98 Å². The molecule has 0 saturated carbocycles. The lowest BCUT2D eigenvalue weighted by Gasteiger charge is -2.18. The highest BCUT2D eigenvalue weighted by Crippen LogP contribution is 2.28. The second-order valence-electron chi connectivity index (χ2n) is 6.82. The van der Waals surface area contributed by atoms with Crippen LogP contribution in [0.25, 0.3) is 11.3 Å². The maximum atomic E-state index is 12.6. The van der Waals surface area contributed by atoms with Gasteiger partial charge in [-0.3, -0.25) is 14.4 Å². The van der Waals surface area contributed by atoms with Crippen LogP contribution in [0.2, 0.25) is 5.02 Å². The number of carbonyl (C=O) groups excluding carboxylic acids is 3. The Bertz CT molecular complexity index is 1100. The van der Waals surface area contributed by atoms with E-state index in [-0.39, 0.29) is 24.1 Å². The average molecular weight is 457 g/mol. The predicted molar refractivity (Wildman–Crippen MR) is 123 cm³/mol. The SMILES string of the molecule is CC(=O)Nc1ccc(-c2csc(NC(=O)C[C@@H](NC(C)=O)c3ccccc3Cl)n2)cc1. The molecular formula is C22H21ClN4O3S. The van der Waals surface area contributed by atoms with Crippen LogP contribution in [0.4, 0.5) is 10.8 Å². The Hall–Kier alpha value is -3.23. The average Bonchev–Trinajstić information content (AvgIpc) is 3.16. The molecule has 9 heteroatoms. The van der Waals surface area contributed by atoms with E-state index in [1.165, 1.54) is 25.2 Å². The molecule has 0 unspecified atom stereocenters. The Morgan fingerprint density at radius 3 is 2.35 bits per heavy atom. The maximum absolute atomic E-state index is 12.6. The standard InChI is InChI=1S/C22H21ClN4O3S/c1-13(28)24-16-9-7-15(8-10-16)20-12-31-22(26-20)27-21(30)11-19(25-14(2)29)17-5-3-4-6-18(17)23/h3-10,12,19H,11H2,1-2H3,(H,24,28)(H,25,29)(H,26,27,30)/t19-/m1/s1. The second kappa shape index (κ2) is 10.2. The third-order valence-electron chi connectivity index (χ3n) is 4.30. The summed E-state index contributed by atoms with van der Waals surface area (Å²) in [6.07, 6.45) is 0.0175. The summed E-state index contributed by atoms with van der Waals surface area (Å²) < 4.78 is 0. The molecule has 0 saturated heterocycles. The van der Waals surface area contributed by atoms with E-state index in [0.717, 1.165) is 5.56 Å². The molecule has 0 aliphatic rings. The zero-order chi connectivity index (χ0) is 22.4. The van der Waals surface area contributed by atoms with E-state index in [1.54, 1.807) is 36.4 Å². The molecule has 1 atom stereocenters. The quantitative estimate of drug-likeness (QED) is 0.482. The zero-order valence-electron chi connectivity index (χ0n) is 16.9. The van der Waals surface area contributed by atoms with Crippen molar-refractivity contribution >= 4 is 51.5 Å². The molecule has 0 radical (unpaired) electrons. The van der Waals surface area contributed by atoms with Crippen molar-refractivity contribution < 1.29 is 14.4 Å². The Kier molecular flexibility index (Phi) is 7.38. The Balaban J connectivity index is 1.67. The van der Waals surface area contributed by atoms with E-state index in [2.05, 4.69) is 20.9 Å². The number of aromatic nitrogens is 1. The molecule has 160 valence electrons. The highest BCUT2D eigenvalue weighted by molar-refractivity contribution is 7.14. The summed E-state index contributed by atoms with van der Waals surface area (Å²) in [6, 6.07) is 13.8. The van der Waals surface area contributed by atoms with Crippen molar-refractivity contribution in [2.75, 3.05) is 10.6 Å². The summed E-state index contributed by atoms with van der Waals surface area (Å²) in [5.41, 5.74) is 2.94. The summed E-state index contributed by atoms with van der Waals surface area (Å²) in [5, 5.41) is 11.0. The van der Waals surface area contributed by atoms with Crippen molar-refractivity contribution in [1.82, 2.24) is 10.3 Å². The topological polar surface area (TPSA) is 100 Å². The predicted octanol–water partition coefficient (Wildman–Crippen LogP) is 4.63. The van der Waals surface area contributed by atoms with Gasteiger partial charge in [-0.2, -0.15) is 0 Å². The van der Waals surface area contributed by atoms with Crippen molar-refractivity contribution in [2.24, 2.45) is 0 Å². The third-order valence-corrected chi connectivity index (χ3v) is 5.40. The molecule has 1 heterocycles. The van der Waals surface area contributed by atoms with Crippen LogP contribution in [0.1, 0.15) is 31.9 Å². The number of halogens is 1. The summed E-state index contributed by atoms with van der Waals surface area (Å²) in [5.74, 6) is -0.682. The molecule has 2 aromatic carbocycles. The van der Waals surface area contributed by atoms with Crippen LogP contribution in [0, 0.1) is 0 Å². The van der Waals surface area contributed by atoms with Gasteiger partial charge in [-0.1, -0.05) is 41.9 Å². The fourth-order valence-electron chi connectivity index (χ4n) is 2.99. The molecule has 0 fully saturated rings. The molecule has 31 heavy (non-hydrogen) atoms. The Morgan fingerprint density at radius 2 is 1.71 bits per heavy atom. The number of thiazole rings is 1. The third kappa shape index (κ3) is 6.37. The van der Waals surface area contributed by atoms with Gasteiger partial charge in [-0.15, -0.1) is 11.3 Å². The van der Waals surface area contributed by atoms with E-state index in [0.29, 0.717) is 27.1 Å². The van der Waals surface area contributed by atoms with Crippen LogP contribution >= 0.6 is 22.9 Å². The number of nitrogens with zero attached hydrogens (tertiary/aromatic N) is 1. The molecule has 3 N–H and O–H groups in total. The lowest BCUT2D eigenvalue weighted by atomic mass is 10.0. The van der Waals surface area contributed by atoms with Crippen LogP contribution in [-0.4, -0.2) is 22.7 Å². The van der Waals surface area contributed by atoms with Gasteiger partial charge in [0.15, 0.2) is 5.13 Å². The number of amides is 3. The van der Waals surface area contributed by atoms with E-state index in [9.17, 15) is 14.4 Å². The minimum atomic E-state index is -0.549. The lowest BCUT2D eigenvalue weighted by molar-refractivity contribution is -0.120. The van der Waals surface area contributed by atoms with Crippen LogP contribution in [0.3, 0.4) is 0 Å². The normalized spacial score (nSPS) is 11.5. The van der Waals surface area contributed by atoms with Gasteiger partial charge in [0.05, 0.1) is 18.2 Å². The van der Waals surface area contributed by atoms with Crippen molar-refractivity contribution in [3.8, 4) is 11.3 Å². The molecule has 0 bridgehead atoms. The summed E-state index contributed by atoms with van der Waals surface area (Å²) in [7, 11) is 0. The number of carbonyl (C=O) groups is 3. The second-order valence-corrected chi connectivity index (χ2v) is 8.09. The summed E-state index contributed by atoms with van der Waals surface area (Å²) in [6.45, 7) is 2.84. The van der Waals surface area contributed by atoms with Crippen molar-refractivity contribution in [3.63, 3.8) is 0 Å². The summed E-state index contributed by atoms with van der Waals surface area (Å²) >= 11 is 7.54. The molecular weight excluding hydrogens is 436 g/mol. The molecule has 0 aliphatic carbocycles. The lowest BCUT2D eigenvalue weighted by Crippen LogP contribution is -2.30. The van der Waals surface area contributed by atoms with E-state index < -0.39 is 6.04 Å². The highest BCUT2D eigenvalue weighted by Gasteiger charge is 2.20. The zero-order valence-corrected chi connectivity index (χ0v) is 18.5. The first-order chi connectivity index (χ1) is 14.8. The van der Waals surface area contributed by atoms with Gasteiger partial charge < -0.3 is 16.0 Å². The number of benzene rings is 2. The Labute approximate surface area is 188 Å². The van der Waals surface area contributed by atoms with Gasteiger partial charge in [0.1, 0.15) is 0 Å². The smallest absolute Gasteiger partial charge is 0.228 e. The minimum absolute atomic E-state index is 0.0175. The first kappa shape index (κ1) is 22.5. The molecule has 3 rings (SSSR count). The number of hydrogen-bond acceptors (Lipinski definition) is 5. The number of hydrogen-bond donors (Lipinski definition) is 3. The van der Waals surface area contributed by atoms with Crippen LogP contribution < -0.4 is 16.0 Å². The van der Waals surface area contributed by atoms with E-state index in [1.807, 2.05) is 17.5 Å². The maximum Gasteiger partial charge on any atom is 0.228 e. The molecule has 3 amide bonds. The molecule has 7 nitrogen and oxygen atoms in total. The number of anilines is 2. The highest BCUT2D eigenvalue weighted by atomic mass is 35.5. The molecule has 3 aromatic rings.